The van der Waals surface area contributed by atoms with E-state index in [0.717, 1.165) is 25.0 Å². The van der Waals surface area contributed by atoms with Crippen molar-refractivity contribution in [3.63, 3.8) is 0 Å². The van der Waals surface area contributed by atoms with Crippen LogP contribution < -0.4 is 0 Å². The summed E-state index contributed by atoms with van der Waals surface area (Å²) in [4.78, 5) is 9.90. The van der Waals surface area contributed by atoms with E-state index in [1.807, 2.05) is 0 Å². The van der Waals surface area contributed by atoms with Crippen LogP contribution in [-0.2, 0) is 0 Å². The summed E-state index contributed by atoms with van der Waals surface area (Å²) in [5, 5.41) is 10.4. The van der Waals surface area contributed by atoms with Crippen molar-refractivity contribution in [1.29, 1.82) is 0 Å². The smallest absolute Gasteiger partial charge is 0.258 e. The predicted octanol–water partition coefficient (Wildman–Crippen LogP) is 2.50. The van der Waals surface area contributed by atoms with Crippen molar-refractivity contribution in [1.82, 2.24) is 0 Å². The van der Waals surface area contributed by atoms with Crippen LogP contribution in [0.15, 0.2) is 18.2 Å². The third-order valence-electron chi connectivity index (χ3n) is 2.15. The molecule has 2 rings (SSSR count). The number of nitro benzene ring substituents is 1. The van der Waals surface area contributed by atoms with E-state index in [4.69, 9.17) is 0 Å². The molecule has 0 saturated heterocycles. The minimum absolute atomic E-state index is 0.108. The van der Waals surface area contributed by atoms with E-state index >= 15 is 0 Å². The molecule has 0 spiro atoms. The maximum absolute atomic E-state index is 13.2. The van der Waals surface area contributed by atoms with Crippen LogP contribution in [0.4, 0.5) is 10.1 Å². The van der Waals surface area contributed by atoms with Gasteiger partial charge in [-0.3, -0.25) is 10.1 Å². The Kier molecular flexibility index (Phi) is 2.38. The van der Waals surface area contributed by atoms with E-state index in [9.17, 15) is 14.5 Å². The van der Waals surface area contributed by atoms with Gasteiger partial charge in [0, 0.05) is 18.1 Å². The molecule has 0 aliphatic heterocycles. The third kappa shape index (κ3) is 2.32. The van der Waals surface area contributed by atoms with E-state index < -0.39 is 10.7 Å². The molecular formula is C11H8FNO2. The molecule has 1 aliphatic rings. The molecule has 4 heteroatoms. The van der Waals surface area contributed by atoms with Crippen LogP contribution in [-0.4, -0.2) is 4.92 Å². The molecule has 76 valence electrons. The Balaban J connectivity index is 2.32. The molecule has 0 amide bonds. The highest BCUT2D eigenvalue weighted by Gasteiger charge is 2.18. The second kappa shape index (κ2) is 3.70. The lowest BCUT2D eigenvalue weighted by atomic mass is 10.2. The minimum Gasteiger partial charge on any atom is -0.258 e. The zero-order valence-electron chi connectivity index (χ0n) is 7.87. The van der Waals surface area contributed by atoms with Gasteiger partial charge in [0.2, 0.25) is 0 Å². The van der Waals surface area contributed by atoms with Crippen LogP contribution >= 0.6 is 0 Å². The summed E-state index contributed by atoms with van der Waals surface area (Å²) < 4.78 is 13.2. The fraction of sp³-hybridized carbons (Fsp3) is 0.273. The number of benzene rings is 1. The lowest BCUT2D eigenvalue weighted by Crippen LogP contribution is -1.91. The molecule has 0 atom stereocenters. The van der Waals surface area contributed by atoms with Crippen LogP contribution in [0.1, 0.15) is 18.4 Å². The molecule has 0 aromatic heterocycles. The summed E-state index contributed by atoms with van der Waals surface area (Å²) in [5.41, 5.74) is -0.0207. The van der Waals surface area contributed by atoms with Gasteiger partial charge in [-0.15, -0.1) is 0 Å². The molecule has 15 heavy (non-hydrogen) atoms. The molecule has 1 aromatic rings. The summed E-state index contributed by atoms with van der Waals surface area (Å²) in [7, 11) is 0. The third-order valence-corrected chi connectivity index (χ3v) is 2.15. The first-order valence-corrected chi connectivity index (χ1v) is 4.62. The van der Waals surface area contributed by atoms with Gasteiger partial charge in [0.15, 0.2) is 0 Å². The Bertz CT molecular complexity index is 469. The van der Waals surface area contributed by atoms with E-state index in [1.54, 1.807) is 0 Å². The fourth-order valence-corrected chi connectivity index (χ4v) is 1.13. The van der Waals surface area contributed by atoms with E-state index in [1.165, 1.54) is 6.07 Å². The van der Waals surface area contributed by atoms with Crippen molar-refractivity contribution >= 4 is 5.69 Å². The Morgan fingerprint density at radius 3 is 2.80 bits per heavy atom. The van der Waals surface area contributed by atoms with E-state index in [-0.39, 0.29) is 11.3 Å². The maximum Gasteiger partial charge on any atom is 0.270 e. The maximum atomic E-state index is 13.2. The summed E-state index contributed by atoms with van der Waals surface area (Å²) in [6, 6.07) is 3.39. The van der Waals surface area contributed by atoms with Crippen LogP contribution in [0.3, 0.4) is 0 Å². The number of hydrogen-bond donors (Lipinski definition) is 0. The Morgan fingerprint density at radius 2 is 2.20 bits per heavy atom. The van der Waals surface area contributed by atoms with Gasteiger partial charge in [0.25, 0.3) is 5.69 Å². The first kappa shape index (κ1) is 9.66. The highest BCUT2D eigenvalue weighted by Crippen LogP contribution is 2.27. The highest BCUT2D eigenvalue weighted by molar-refractivity contribution is 5.44. The van der Waals surface area contributed by atoms with Crippen molar-refractivity contribution in [3.8, 4) is 11.8 Å². The van der Waals surface area contributed by atoms with E-state index in [0.29, 0.717) is 5.92 Å². The predicted molar refractivity (Wildman–Crippen MR) is 52.7 cm³/mol. The van der Waals surface area contributed by atoms with Crippen molar-refractivity contribution in [3.05, 3.63) is 39.7 Å². The van der Waals surface area contributed by atoms with Gasteiger partial charge in [-0.05, 0) is 18.9 Å². The molecule has 0 unspecified atom stereocenters. The molecule has 1 fully saturated rings. The summed E-state index contributed by atoms with van der Waals surface area (Å²) in [6.07, 6.45) is 2.09. The van der Waals surface area contributed by atoms with E-state index in [2.05, 4.69) is 11.8 Å². The Hall–Kier alpha value is -1.89. The van der Waals surface area contributed by atoms with Gasteiger partial charge in [-0.2, -0.15) is 0 Å². The number of nitrogens with zero attached hydrogens (tertiary/aromatic N) is 1. The topological polar surface area (TPSA) is 43.1 Å². The van der Waals surface area contributed by atoms with Crippen LogP contribution in [0.2, 0.25) is 0 Å². The van der Waals surface area contributed by atoms with Gasteiger partial charge in [-0.1, -0.05) is 11.8 Å². The molecule has 1 aromatic carbocycles. The van der Waals surface area contributed by atoms with Gasteiger partial charge in [0.05, 0.1) is 10.5 Å². The standard InChI is InChI=1S/C11H8FNO2/c12-11-6-5-10(13(14)15)7-9(11)4-3-8-1-2-8/h5-8H,1-2H2. The zero-order chi connectivity index (χ0) is 10.8. The SMILES string of the molecule is O=[N+]([O-])c1ccc(F)c(C#CC2CC2)c1. The fourth-order valence-electron chi connectivity index (χ4n) is 1.13. The molecule has 0 radical (unpaired) electrons. The normalized spacial score (nSPS) is 14.2. The van der Waals surface area contributed by atoms with Crippen molar-refractivity contribution in [2.75, 3.05) is 0 Å². The molecular weight excluding hydrogens is 197 g/mol. The number of rotatable bonds is 1. The van der Waals surface area contributed by atoms with Crippen LogP contribution in [0, 0.1) is 33.7 Å². The monoisotopic (exact) mass is 205 g/mol. The summed E-state index contributed by atoms with van der Waals surface area (Å²) in [5.74, 6) is 5.35. The average Bonchev–Trinajstić information content (AvgIpc) is 3.00. The number of non-ortho nitro benzene ring substituents is 1. The quantitative estimate of drug-likeness (QED) is 0.401. The lowest BCUT2D eigenvalue weighted by molar-refractivity contribution is -0.384. The Labute approximate surface area is 86.1 Å². The molecule has 0 bridgehead atoms. The van der Waals surface area contributed by atoms with Crippen LogP contribution in [0.5, 0.6) is 0 Å². The molecule has 1 aliphatic carbocycles. The van der Waals surface area contributed by atoms with Gasteiger partial charge >= 0.3 is 0 Å². The Morgan fingerprint density at radius 1 is 1.47 bits per heavy atom. The summed E-state index contributed by atoms with van der Waals surface area (Å²) >= 11 is 0. The average molecular weight is 205 g/mol. The van der Waals surface area contributed by atoms with Gasteiger partial charge < -0.3 is 0 Å². The van der Waals surface area contributed by atoms with Crippen molar-refractivity contribution in [2.24, 2.45) is 5.92 Å². The first-order chi connectivity index (χ1) is 7.16. The van der Waals surface area contributed by atoms with Gasteiger partial charge in [-0.25, -0.2) is 4.39 Å². The number of nitro groups is 1. The molecule has 1 saturated carbocycles. The minimum atomic E-state index is -0.554. The van der Waals surface area contributed by atoms with Crippen LogP contribution in [0.25, 0.3) is 0 Å². The lowest BCUT2D eigenvalue weighted by Gasteiger charge is -1.94. The molecule has 0 N–H and O–H groups in total. The highest BCUT2D eigenvalue weighted by atomic mass is 19.1. The van der Waals surface area contributed by atoms with Gasteiger partial charge in [0.1, 0.15) is 5.82 Å². The largest absolute Gasteiger partial charge is 0.270 e. The summed E-state index contributed by atoms with van der Waals surface area (Å²) in [6.45, 7) is 0. The number of halogens is 1. The van der Waals surface area contributed by atoms with Crippen molar-refractivity contribution in [2.45, 2.75) is 12.8 Å². The van der Waals surface area contributed by atoms with Crippen molar-refractivity contribution < 1.29 is 9.31 Å². The zero-order valence-corrected chi connectivity index (χ0v) is 7.87. The second-order valence-corrected chi connectivity index (χ2v) is 3.46. The molecule has 3 nitrogen and oxygen atoms in total. The number of hydrogen-bond acceptors (Lipinski definition) is 2. The second-order valence-electron chi connectivity index (χ2n) is 3.46. The first-order valence-electron chi connectivity index (χ1n) is 4.62. The molecule has 0 heterocycles.